The summed E-state index contributed by atoms with van der Waals surface area (Å²) < 4.78 is 11.2. The van der Waals surface area contributed by atoms with Crippen molar-refractivity contribution in [1.82, 2.24) is 14.8 Å². The summed E-state index contributed by atoms with van der Waals surface area (Å²) in [7, 11) is 3.31. The molecule has 1 amide bonds. The molecule has 2 heterocycles. The second-order valence-corrected chi connectivity index (χ2v) is 10.5. The number of ether oxygens (including phenoxy) is 2. The van der Waals surface area contributed by atoms with E-state index in [-0.39, 0.29) is 11.9 Å². The van der Waals surface area contributed by atoms with Crippen LogP contribution in [-0.2, 0) is 11.3 Å². The van der Waals surface area contributed by atoms with Gasteiger partial charge in [0.05, 0.1) is 32.5 Å². The van der Waals surface area contributed by atoms with E-state index in [4.69, 9.17) is 14.6 Å². The summed E-state index contributed by atoms with van der Waals surface area (Å²) in [5, 5.41) is 6.64. The van der Waals surface area contributed by atoms with Crippen molar-refractivity contribution < 1.29 is 14.3 Å². The van der Waals surface area contributed by atoms with Gasteiger partial charge in [0.1, 0.15) is 11.5 Å². The third kappa shape index (κ3) is 6.15. The van der Waals surface area contributed by atoms with Crippen LogP contribution in [0.5, 0.6) is 11.5 Å². The van der Waals surface area contributed by atoms with E-state index in [9.17, 15) is 4.79 Å². The molecule has 7 nitrogen and oxygen atoms in total. The number of hydrogen-bond donors (Lipinski definition) is 0. The fraction of sp³-hybridized carbons (Fsp3) is 0.375. The Hall–Kier alpha value is -3.68. The molecular weight excluding hydrogens is 488 g/mol. The lowest BCUT2D eigenvalue weighted by atomic mass is 9.94. The molecule has 0 N–H and O–H groups in total. The van der Waals surface area contributed by atoms with Gasteiger partial charge in [-0.1, -0.05) is 48.0 Å². The van der Waals surface area contributed by atoms with Crippen molar-refractivity contribution in [3.05, 3.63) is 94.5 Å². The second kappa shape index (κ2) is 12.0. The van der Waals surface area contributed by atoms with Crippen molar-refractivity contribution in [3.8, 4) is 11.5 Å². The zero-order valence-corrected chi connectivity index (χ0v) is 23.4. The number of carbonyl (C=O) groups is 1. The summed E-state index contributed by atoms with van der Waals surface area (Å²) in [6.45, 7) is 9.04. The SMILES string of the molecule is COc1ccc(OC)c(C2CC(c3cc(C)ccc3C)=NN2C(=O)CN2CCN(Cc3ccccc3)CC2)c1. The minimum Gasteiger partial charge on any atom is -0.497 e. The first-order chi connectivity index (χ1) is 18.9. The molecule has 5 rings (SSSR count). The van der Waals surface area contributed by atoms with E-state index in [1.807, 2.05) is 24.3 Å². The molecule has 3 aromatic rings. The van der Waals surface area contributed by atoms with E-state index < -0.39 is 0 Å². The van der Waals surface area contributed by atoms with Gasteiger partial charge in [-0.15, -0.1) is 0 Å². The molecule has 1 saturated heterocycles. The predicted molar refractivity (Wildman–Crippen MR) is 154 cm³/mol. The van der Waals surface area contributed by atoms with Crippen molar-refractivity contribution in [3.63, 3.8) is 0 Å². The normalized spacial score (nSPS) is 18.2. The number of hydrazone groups is 1. The lowest BCUT2D eigenvalue weighted by Crippen LogP contribution is -2.49. The molecule has 0 aromatic heterocycles. The van der Waals surface area contributed by atoms with Crippen LogP contribution in [0.15, 0.2) is 71.8 Å². The highest BCUT2D eigenvalue weighted by Crippen LogP contribution is 2.39. The van der Waals surface area contributed by atoms with Gasteiger partial charge in [0.2, 0.25) is 0 Å². The quantitative estimate of drug-likeness (QED) is 0.422. The van der Waals surface area contributed by atoms with E-state index in [0.29, 0.717) is 13.0 Å². The molecule has 0 radical (unpaired) electrons. The molecule has 0 saturated carbocycles. The van der Waals surface area contributed by atoms with Crippen LogP contribution in [0.1, 0.15) is 40.3 Å². The Morgan fingerprint density at radius 3 is 2.36 bits per heavy atom. The smallest absolute Gasteiger partial charge is 0.257 e. The van der Waals surface area contributed by atoms with Gasteiger partial charge in [0.25, 0.3) is 5.91 Å². The zero-order chi connectivity index (χ0) is 27.4. The van der Waals surface area contributed by atoms with Crippen molar-refractivity contribution in [2.75, 3.05) is 46.9 Å². The van der Waals surface area contributed by atoms with Gasteiger partial charge in [-0.2, -0.15) is 5.10 Å². The minimum atomic E-state index is -0.267. The number of piperazine rings is 1. The Balaban J connectivity index is 1.35. The van der Waals surface area contributed by atoms with Crippen LogP contribution in [0, 0.1) is 13.8 Å². The molecule has 1 fully saturated rings. The van der Waals surface area contributed by atoms with Crippen LogP contribution in [0.3, 0.4) is 0 Å². The molecule has 0 aliphatic carbocycles. The molecule has 0 spiro atoms. The number of aryl methyl sites for hydroxylation is 2. The number of rotatable bonds is 8. The van der Waals surface area contributed by atoms with E-state index in [1.54, 1.807) is 19.2 Å². The van der Waals surface area contributed by atoms with Crippen LogP contribution in [-0.4, -0.2) is 73.4 Å². The van der Waals surface area contributed by atoms with Crippen molar-refractivity contribution >= 4 is 11.6 Å². The largest absolute Gasteiger partial charge is 0.497 e. The minimum absolute atomic E-state index is 0.00156. The first kappa shape index (κ1) is 26.9. The molecule has 7 heteroatoms. The van der Waals surface area contributed by atoms with Crippen LogP contribution >= 0.6 is 0 Å². The van der Waals surface area contributed by atoms with Gasteiger partial charge in [-0.05, 0) is 49.2 Å². The molecule has 3 aromatic carbocycles. The van der Waals surface area contributed by atoms with Crippen molar-refractivity contribution in [2.24, 2.45) is 5.10 Å². The van der Waals surface area contributed by atoms with Gasteiger partial charge < -0.3 is 9.47 Å². The molecule has 204 valence electrons. The van der Waals surface area contributed by atoms with Gasteiger partial charge in [0.15, 0.2) is 0 Å². The first-order valence-corrected chi connectivity index (χ1v) is 13.6. The first-order valence-electron chi connectivity index (χ1n) is 13.6. The van der Waals surface area contributed by atoms with E-state index >= 15 is 0 Å². The Kier molecular flexibility index (Phi) is 8.29. The molecule has 0 bridgehead atoms. The summed E-state index contributed by atoms with van der Waals surface area (Å²) in [4.78, 5) is 18.5. The number of carbonyl (C=O) groups excluding carboxylic acids is 1. The van der Waals surface area contributed by atoms with Gasteiger partial charge in [-0.3, -0.25) is 14.6 Å². The van der Waals surface area contributed by atoms with Crippen molar-refractivity contribution in [1.29, 1.82) is 0 Å². The summed E-state index contributed by atoms with van der Waals surface area (Å²) in [6, 6.07) is 22.4. The maximum absolute atomic E-state index is 13.8. The molecule has 2 aliphatic heterocycles. The summed E-state index contributed by atoms with van der Waals surface area (Å²) in [5.41, 5.74) is 6.56. The Labute approximate surface area is 231 Å². The fourth-order valence-electron chi connectivity index (χ4n) is 5.50. The van der Waals surface area contributed by atoms with E-state index in [0.717, 1.165) is 66.6 Å². The molecule has 2 aliphatic rings. The third-order valence-electron chi connectivity index (χ3n) is 7.74. The number of methoxy groups -OCH3 is 2. The summed E-state index contributed by atoms with van der Waals surface area (Å²) in [6.07, 6.45) is 0.615. The lowest BCUT2D eigenvalue weighted by molar-refractivity contribution is -0.134. The van der Waals surface area contributed by atoms with E-state index in [2.05, 4.69) is 66.1 Å². The number of nitrogens with zero attached hydrogens (tertiary/aromatic N) is 4. The Morgan fingerprint density at radius 1 is 0.897 bits per heavy atom. The maximum atomic E-state index is 13.8. The monoisotopic (exact) mass is 526 g/mol. The zero-order valence-electron chi connectivity index (χ0n) is 23.4. The summed E-state index contributed by atoms with van der Waals surface area (Å²) in [5.74, 6) is 1.46. The number of amides is 1. The third-order valence-corrected chi connectivity index (χ3v) is 7.74. The van der Waals surface area contributed by atoms with Crippen LogP contribution in [0.4, 0.5) is 0 Å². The highest BCUT2D eigenvalue weighted by atomic mass is 16.5. The Morgan fingerprint density at radius 2 is 1.64 bits per heavy atom. The van der Waals surface area contributed by atoms with Crippen LogP contribution in [0.25, 0.3) is 0 Å². The Bertz CT molecular complexity index is 1330. The number of hydrogen-bond acceptors (Lipinski definition) is 6. The van der Waals surface area contributed by atoms with Crippen molar-refractivity contribution in [2.45, 2.75) is 32.9 Å². The van der Waals surface area contributed by atoms with Gasteiger partial charge >= 0.3 is 0 Å². The summed E-state index contributed by atoms with van der Waals surface area (Å²) >= 11 is 0. The number of benzene rings is 3. The molecule has 39 heavy (non-hydrogen) atoms. The topological polar surface area (TPSA) is 57.6 Å². The van der Waals surface area contributed by atoms with Gasteiger partial charge in [0, 0.05) is 50.3 Å². The lowest BCUT2D eigenvalue weighted by Gasteiger charge is -2.35. The van der Waals surface area contributed by atoms with Gasteiger partial charge in [-0.25, -0.2) is 5.01 Å². The highest BCUT2D eigenvalue weighted by molar-refractivity contribution is 6.04. The van der Waals surface area contributed by atoms with E-state index in [1.165, 1.54) is 11.1 Å². The fourth-order valence-corrected chi connectivity index (χ4v) is 5.50. The average molecular weight is 527 g/mol. The molecule has 1 unspecified atom stereocenters. The second-order valence-electron chi connectivity index (χ2n) is 10.5. The highest BCUT2D eigenvalue weighted by Gasteiger charge is 2.36. The van der Waals surface area contributed by atoms with Crippen LogP contribution < -0.4 is 9.47 Å². The maximum Gasteiger partial charge on any atom is 0.257 e. The average Bonchev–Trinajstić information content (AvgIpc) is 3.41. The standard InChI is InChI=1S/C32H38N4O3/c1-23-10-11-24(2)27(18-23)29-20-30(28-19-26(38-3)12-13-31(28)39-4)36(33-29)32(37)22-35-16-14-34(15-17-35)21-25-8-6-5-7-9-25/h5-13,18-19,30H,14-17,20-22H2,1-4H3. The predicted octanol–water partition coefficient (Wildman–Crippen LogP) is 4.82. The van der Waals surface area contributed by atoms with Crippen LogP contribution in [0.2, 0.25) is 0 Å². The molecule has 1 atom stereocenters. The molecular formula is C32H38N4O3.